The van der Waals surface area contributed by atoms with E-state index in [2.05, 4.69) is 200 Å². The van der Waals surface area contributed by atoms with Crippen molar-refractivity contribution in [3.63, 3.8) is 0 Å². The van der Waals surface area contributed by atoms with Crippen molar-refractivity contribution in [2.75, 3.05) is 0 Å². The molecule has 8 aromatic rings. The van der Waals surface area contributed by atoms with Gasteiger partial charge in [-0.15, -0.1) is 0 Å². The van der Waals surface area contributed by atoms with Crippen LogP contribution in [0.15, 0.2) is 103 Å². The second-order valence-corrected chi connectivity index (χ2v) is 19.6. The van der Waals surface area contributed by atoms with Crippen molar-refractivity contribution < 1.29 is 24.1 Å². The molecule has 0 fully saturated rings. The molecule has 3 aromatic heterocycles. The number of aromatic nitrogens is 4. The maximum atomic E-state index is 6.71. The van der Waals surface area contributed by atoms with Crippen LogP contribution in [0.5, 0.6) is 11.5 Å². The van der Waals surface area contributed by atoms with Crippen molar-refractivity contribution in [3.8, 4) is 28.7 Å². The molecule has 5 aromatic carbocycles. The molecule has 0 saturated heterocycles. The van der Waals surface area contributed by atoms with Gasteiger partial charge in [0.05, 0.1) is 0 Å². The van der Waals surface area contributed by atoms with Crippen molar-refractivity contribution in [2.24, 2.45) is 5.41 Å². The van der Waals surface area contributed by atoms with E-state index in [1.165, 1.54) is 33.2 Å². The van der Waals surface area contributed by atoms with Crippen LogP contribution in [0.3, 0.4) is 0 Å². The molecule has 0 bridgehead atoms. The summed E-state index contributed by atoms with van der Waals surface area (Å²) in [6.07, 6.45) is 1.91. The number of ether oxygens (including phenoxy) is 1. The molecule has 0 spiro atoms. The topological polar surface area (TPSA) is 36.9 Å². The molecule has 0 saturated carbocycles. The van der Waals surface area contributed by atoms with E-state index in [1.54, 1.807) is 0 Å². The van der Waals surface area contributed by atoms with E-state index >= 15 is 0 Å². The third-order valence-electron chi connectivity index (χ3n) is 13.5. The van der Waals surface area contributed by atoms with Gasteiger partial charge in [0.25, 0.3) is 0 Å². The van der Waals surface area contributed by atoms with Crippen LogP contribution >= 0.6 is 0 Å². The molecule has 0 atom stereocenters. The monoisotopic (exact) mass is 929 g/mol. The van der Waals surface area contributed by atoms with Gasteiger partial charge in [0, 0.05) is 6.20 Å². The maximum absolute atomic E-state index is 6.71. The fourth-order valence-corrected chi connectivity index (χ4v) is 10.2. The standard InChI is InChI=1S/C51H50N4O.Pt/c1-32-15-18-35(19-16-32)53-31-54(42-24-17-34(28-44(42)53)48(3,4)5)36-13-12-14-37(29-36)56-38-20-21-39-40-22-23-41-46(50(8,9)51(10,11)49(41,6)7)47(40)55(43(39)30-38)45-27-33(2)25-26-52-45;/h12-28H,1-11H3;/q-2;. The number of nitrogens with zero attached hydrogens (tertiary/aromatic N) is 4. The van der Waals surface area contributed by atoms with Crippen LogP contribution in [0.1, 0.15) is 90.1 Å². The molecule has 3 heterocycles. The number of imidazole rings is 1. The average molecular weight is 930 g/mol. The summed E-state index contributed by atoms with van der Waals surface area (Å²) in [6.45, 7) is 25.5. The summed E-state index contributed by atoms with van der Waals surface area (Å²) in [5.41, 5.74) is 12.8. The van der Waals surface area contributed by atoms with Crippen LogP contribution in [-0.4, -0.2) is 18.7 Å². The molecule has 0 aliphatic heterocycles. The third-order valence-corrected chi connectivity index (χ3v) is 14.6. The van der Waals surface area contributed by atoms with Crippen LogP contribution < -0.4 is 4.74 Å². The number of aryl methyl sites for hydroxylation is 2. The van der Waals surface area contributed by atoms with E-state index in [4.69, 9.17) is 9.72 Å². The Bertz CT molecular complexity index is 2980. The van der Waals surface area contributed by atoms with Crippen LogP contribution in [0.25, 0.3) is 50.0 Å². The molecular formula is C51H50N4OPt-2. The van der Waals surface area contributed by atoms with Gasteiger partial charge in [0.2, 0.25) is 0 Å². The first kappa shape index (κ1) is 37.6. The first-order valence-electron chi connectivity index (χ1n) is 19.9. The Labute approximate surface area is 347 Å². The number of benzene rings is 5. The molecule has 57 heavy (non-hydrogen) atoms. The Morgan fingerprint density at radius 1 is 0.667 bits per heavy atom. The number of rotatable bonds is 5. The van der Waals surface area contributed by atoms with Crippen molar-refractivity contribution in [2.45, 2.75) is 92.4 Å². The van der Waals surface area contributed by atoms with E-state index in [1.807, 2.05) is 24.4 Å². The number of fused-ring (bicyclic) bond motifs is 6. The molecule has 9 rings (SSSR count). The van der Waals surface area contributed by atoms with Gasteiger partial charge in [-0.25, -0.2) is 0 Å². The predicted molar refractivity (Wildman–Crippen MR) is 230 cm³/mol. The molecule has 1 aliphatic rings. The SMILES string of the molecule is Cc1ccc(-n2[c](=[Pt])n(-c3[c-]c(Oc4[c-]c5c(cc4)c4ccc6c(c4n5-c4cc(C)ccn4)C(C)(C)C(C)(C)C6(C)C)ccc3)c3ccc(C(C)(C)C)cc32)cc1. The first-order valence-corrected chi connectivity index (χ1v) is 21.0. The molecule has 0 N–H and O–H groups in total. The van der Waals surface area contributed by atoms with Gasteiger partial charge < -0.3 is 0 Å². The molecule has 6 heteroatoms. The molecule has 0 amide bonds. The number of hydrogen-bond donors (Lipinski definition) is 0. The van der Waals surface area contributed by atoms with Crippen LogP contribution in [-0.2, 0) is 35.6 Å². The molecular weight excluding hydrogens is 880 g/mol. The van der Waals surface area contributed by atoms with Crippen molar-refractivity contribution in [3.05, 3.63) is 147 Å². The van der Waals surface area contributed by atoms with Gasteiger partial charge in [-0.3, -0.25) is 0 Å². The minimum atomic E-state index is -0.109. The van der Waals surface area contributed by atoms with Crippen molar-refractivity contribution in [1.82, 2.24) is 18.7 Å². The zero-order chi connectivity index (χ0) is 40.4. The summed E-state index contributed by atoms with van der Waals surface area (Å²) in [5, 5.41) is 2.33. The van der Waals surface area contributed by atoms with Gasteiger partial charge >= 0.3 is 255 Å². The van der Waals surface area contributed by atoms with Crippen LogP contribution in [0.4, 0.5) is 0 Å². The Kier molecular flexibility index (Phi) is 8.41. The van der Waals surface area contributed by atoms with Gasteiger partial charge in [-0.05, 0) is 40.4 Å². The number of hydrogen-bond acceptors (Lipinski definition) is 2. The average Bonchev–Trinajstić information content (AvgIpc) is 3.67. The second kappa shape index (κ2) is 12.8. The van der Waals surface area contributed by atoms with E-state index in [0.29, 0.717) is 11.5 Å². The summed E-state index contributed by atoms with van der Waals surface area (Å²) >= 11 is 2.45. The Hall–Kier alpha value is -4.99. The minimum absolute atomic E-state index is 0.00790. The molecule has 5 nitrogen and oxygen atoms in total. The predicted octanol–water partition coefficient (Wildman–Crippen LogP) is 12.9. The van der Waals surface area contributed by atoms with E-state index in [0.717, 1.165) is 48.5 Å². The molecule has 292 valence electrons. The Balaban J connectivity index is 1.20. The zero-order valence-electron chi connectivity index (χ0n) is 34.8. The Morgan fingerprint density at radius 3 is 2.11 bits per heavy atom. The van der Waals surface area contributed by atoms with Gasteiger partial charge in [0.1, 0.15) is 0 Å². The fourth-order valence-electron chi connectivity index (χ4n) is 9.06. The van der Waals surface area contributed by atoms with Crippen molar-refractivity contribution >= 4 is 32.8 Å². The summed E-state index contributed by atoms with van der Waals surface area (Å²) < 4.78 is 14.7. The van der Waals surface area contributed by atoms with Crippen LogP contribution in [0, 0.1) is 35.2 Å². The third kappa shape index (κ3) is 5.59. The van der Waals surface area contributed by atoms with Crippen LogP contribution in [0.2, 0.25) is 0 Å². The molecule has 0 unspecified atom stereocenters. The normalized spacial score (nSPS) is 15.8. The first-order chi connectivity index (χ1) is 26.9. The van der Waals surface area contributed by atoms with E-state index in [-0.39, 0.29) is 21.7 Å². The second-order valence-electron chi connectivity index (χ2n) is 18.6. The quantitative estimate of drug-likeness (QED) is 0.161. The van der Waals surface area contributed by atoms with Gasteiger partial charge in [-0.1, -0.05) is 47.6 Å². The summed E-state index contributed by atoms with van der Waals surface area (Å²) in [4.78, 5) is 4.96. The van der Waals surface area contributed by atoms with Gasteiger partial charge in [-0.2, -0.15) is 0 Å². The van der Waals surface area contributed by atoms with E-state index < -0.39 is 0 Å². The Morgan fingerprint density at radius 2 is 1.39 bits per heavy atom. The number of pyridine rings is 1. The summed E-state index contributed by atoms with van der Waals surface area (Å²) in [7, 11) is 0. The fraction of sp³-hybridized carbons (Fsp3) is 0.294. The zero-order valence-corrected chi connectivity index (χ0v) is 37.1. The summed E-state index contributed by atoms with van der Waals surface area (Å²) in [6, 6.07) is 42.2. The van der Waals surface area contributed by atoms with Gasteiger partial charge in [0.15, 0.2) is 0 Å². The summed E-state index contributed by atoms with van der Waals surface area (Å²) in [5.74, 6) is 2.13. The molecule has 1 aliphatic carbocycles. The van der Waals surface area contributed by atoms with Crippen molar-refractivity contribution in [1.29, 1.82) is 0 Å². The van der Waals surface area contributed by atoms with E-state index in [9.17, 15) is 0 Å². The molecule has 0 radical (unpaired) electrons.